The molecule has 0 aliphatic rings. The third kappa shape index (κ3) is 7.49. The molecule has 0 bridgehead atoms. The largest absolute Gasteiger partial charge is 0.512 e. The van der Waals surface area contributed by atoms with Crippen LogP contribution in [0.15, 0.2) is 54.6 Å². The van der Waals surface area contributed by atoms with E-state index < -0.39 is 11.6 Å². The van der Waals surface area contributed by atoms with Crippen molar-refractivity contribution in [2.24, 2.45) is 17.3 Å². The number of carbonyl (C=O) groups is 1. The molecule has 0 unspecified atom stereocenters. The van der Waals surface area contributed by atoms with E-state index in [0.717, 1.165) is 69.1 Å². The van der Waals surface area contributed by atoms with Gasteiger partial charge in [0.1, 0.15) is 6.33 Å². The molecule has 0 aliphatic carbocycles. The number of aliphatic hydroxyl groups excluding tert-OH is 1. The maximum atomic E-state index is 13.5. The van der Waals surface area contributed by atoms with Crippen LogP contribution >= 0.6 is 0 Å². The first-order valence-corrected chi connectivity index (χ1v) is 15.5. The number of halogens is 3. The molecule has 1 heterocycles. The smallest absolute Gasteiger partial charge is 0.394 e. The van der Waals surface area contributed by atoms with Crippen LogP contribution in [-0.2, 0) is 31.3 Å². The summed E-state index contributed by atoms with van der Waals surface area (Å²) in [4.78, 5) is 20.6. The molecule has 5 aromatic rings. The van der Waals surface area contributed by atoms with Crippen LogP contribution in [0.4, 0.5) is 13.2 Å². The molecule has 8 heteroatoms. The fourth-order valence-corrected chi connectivity index (χ4v) is 6.04. The Hall–Kier alpha value is -3.09. The SMILES string of the molecule is CCC(CC)C(=O)/C=C(\O)C(CC)CC.Cc1[c-]c2c3ncnc4cc(CC(C)(C)C(F)(F)F)cc(c5cccc(c1)c25)c43.[Ir]. The molecular weight excluding hydrogens is 754 g/mol. The number of ketones is 1. The van der Waals surface area contributed by atoms with Gasteiger partial charge in [0, 0.05) is 43.5 Å². The van der Waals surface area contributed by atoms with Crippen molar-refractivity contribution in [3.63, 3.8) is 0 Å². The Balaban J connectivity index is 0.000000297. The van der Waals surface area contributed by atoms with Crippen molar-refractivity contribution in [2.45, 2.75) is 86.7 Å². The van der Waals surface area contributed by atoms with Crippen LogP contribution in [0.5, 0.6) is 0 Å². The fourth-order valence-electron chi connectivity index (χ4n) is 6.04. The predicted octanol–water partition coefficient (Wildman–Crippen LogP) is 10.6. The van der Waals surface area contributed by atoms with Crippen molar-refractivity contribution in [2.75, 3.05) is 0 Å². The maximum absolute atomic E-state index is 13.5. The molecular formula is C37H42F3IrN2O2-. The van der Waals surface area contributed by atoms with Crippen LogP contribution < -0.4 is 0 Å². The van der Waals surface area contributed by atoms with Gasteiger partial charge in [0.05, 0.1) is 16.7 Å². The Bertz CT molecular complexity index is 1810. The third-order valence-electron chi connectivity index (χ3n) is 8.86. The zero-order valence-corrected chi connectivity index (χ0v) is 29.4. The Kier molecular flexibility index (Phi) is 11.8. The summed E-state index contributed by atoms with van der Waals surface area (Å²) in [6.07, 6.45) is 2.00. The molecule has 0 aliphatic heterocycles. The van der Waals surface area contributed by atoms with Crippen molar-refractivity contribution in [3.8, 4) is 0 Å². The summed E-state index contributed by atoms with van der Waals surface area (Å²) in [7, 11) is 0. The van der Waals surface area contributed by atoms with Gasteiger partial charge in [0.15, 0.2) is 5.78 Å². The number of aliphatic hydroxyl groups is 1. The zero-order valence-electron chi connectivity index (χ0n) is 27.0. The van der Waals surface area contributed by atoms with E-state index in [1.807, 2.05) is 58.9 Å². The van der Waals surface area contributed by atoms with E-state index in [4.69, 9.17) is 0 Å². The monoisotopic (exact) mass is 796 g/mol. The topological polar surface area (TPSA) is 63.1 Å². The van der Waals surface area contributed by atoms with Crippen molar-refractivity contribution in [1.82, 2.24) is 9.97 Å². The predicted molar refractivity (Wildman–Crippen MR) is 174 cm³/mol. The van der Waals surface area contributed by atoms with E-state index in [0.29, 0.717) is 11.1 Å². The number of nitrogens with zero attached hydrogens (tertiary/aromatic N) is 2. The van der Waals surface area contributed by atoms with Gasteiger partial charge in [-0.25, -0.2) is 4.98 Å². The van der Waals surface area contributed by atoms with Gasteiger partial charge in [-0.05, 0) is 54.5 Å². The molecule has 4 nitrogen and oxygen atoms in total. The molecule has 0 spiro atoms. The molecule has 1 radical (unpaired) electrons. The minimum atomic E-state index is -4.28. The van der Waals surface area contributed by atoms with Crippen LogP contribution in [0.25, 0.3) is 43.4 Å². The van der Waals surface area contributed by atoms with Crippen LogP contribution in [0.3, 0.4) is 0 Å². The summed E-state index contributed by atoms with van der Waals surface area (Å²) in [5.41, 5.74) is 1.27. The number of carbonyl (C=O) groups excluding carboxylic acids is 1. The average molecular weight is 796 g/mol. The van der Waals surface area contributed by atoms with Crippen LogP contribution in [0.2, 0.25) is 0 Å². The van der Waals surface area contributed by atoms with Gasteiger partial charge in [-0.3, -0.25) is 9.78 Å². The first kappa shape index (κ1) is 36.4. The number of fused-ring (bicyclic) bond motifs is 2. The van der Waals surface area contributed by atoms with Gasteiger partial charge in [0.25, 0.3) is 0 Å². The second-order valence-electron chi connectivity index (χ2n) is 12.4. The van der Waals surface area contributed by atoms with Gasteiger partial charge in [-0.15, -0.1) is 28.5 Å². The first-order chi connectivity index (χ1) is 20.8. The van der Waals surface area contributed by atoms with Crippen molar-refractivity contribution in [1.29, 1.82) is 0 Å². The van der Waals surface area contributed by atoms with E-state index in [1.54, 1.807) is 6.07 Å². The molecule has 0 fully saturated rings. The fraction of sp³-hybridized carbons (Fsp3) is 0.432. The summed E-state index contributed by atoms with van der Waals surface area (Å²) < 4.78 is 40.4. The van der Waals surface area contributed by atoms with E-state index in [9.17, 15) is 23.1 Å². The minimum absolute atomic E-state index is 0. The molecule has 5 rings (SSSR count). The molecule has 243 valence electrons. The number of hydrogen-bond acceptors (Lipinski definition) is 4. The minimum Gasteiger partial charge on any atom is -0.512 e. The number of benzene rings is 4. The van der Waals surface area contributed by atoms with Gasteiger partial charge in [-0.1, -0.05) is 83.5 Å². The van der Waals surface area contributed by atoms with E-state index in [-0.39, 0.29) is 49.9 Å². The molecule has 1 aromatic heterocycles. The Morgan fingerprint density at radius 2 is 1.58 bits per heavy atom. The van der Waals surface area contributed by atoms with E-state index in [1.165, 1.54) is 26.3 Å². The molecule has 4 aromatic carbocycles. The van der Waals surface area contributed by atoms with Gasteiger partial charge in [0.2, 0.25) is 0 Å². The normalized spacial score (nSPS) is 12.8. The molecule has 0 atom stereocenters. The average Bonchev–Trinajstić information content (AvgIpc) is 2.96. The summed E-state index contributed by atoms with van der Waals surface area (Å²) in [5.74, 6) is 0.547. The van der Waals surface area contributed by atoms with Gasteiger partial charge in [-0.2, -0.15) is 13.2 Å². The summed E-state index contributed by atoms with van der Waals surface area (Å²) in [6, 6.07) is 15.2. The maximum Gasteiger partial charge on any atom is 0.394 e. The van der Waals surface area contributed by atoms with Crippen LogP contribution in [0, 0.1) is 30.2 Å². The van der Waals surface area contributed by atoms with Crippen molar-refractivity contribution < 1.29 is 43.2 Å². The molecule has 45 heavy (non-hydrogen) atoms. The van der Waals surface area contributed by atoms with Gasteiger partial charge < -0.3 is 5.11 Å². The summed E-state index contributed by atoms with van der Waals surface area (Å²) in [5, 5.41) is 15.6. The Morgan fingerprint density at radius 1 is 0.933 bits per heavy atom. The molecule has 0 saturated heterocycles. The van der Waals surface area contributed by atoms with E-state index >= 15 is 0 Å². The standard InChI is InChI=1S/C24H18F3N2.C13H24O2.Ir/c1-13-7-15-5-4-6-16-17-9-14(11-23(2,3)24(25,26)27)10-19-21(17)22(29-12-28-19)18(8-13)20(15)16;1-5-10(6-2)12(14)9-13(15)11(7-3)8-4;/h4-7,9-10,12H,11H2,1-3H3;9-11,14H,5-8H2,1-4H3;/q-1;;/b;12-9-;. The van der Waals surface area contributed by atoms with Crippen LogP contribution in [-0.4, -0.2) is 27.0 Å². The van der Waals surface area contributed by atoms with Crippen molar-refractivity contribution >= 4 is 49.1 Å². The molecule has 1 N–H and O–H groups in total. The van der Waals surface area contributed by atoms with E-state index in [2.05, 4.69) is 22.1 Å². The number of allylic oxidation sites excluding steroid dienone is 2. The first-order valence-electron chi connectivity index (χ1n) is 15.5. The number of hydrogen-bond donors (Lipinski definition) is 1. The quantitative estimate of drug-likeness (QED) is 0.0531. The second-order valence-corrected chi connectivity index (χ2v) is 12.4. The second kappa shape index (κ2) is 14.6. The third-order valence-corrected chi connectivity index (χ3v) is 8.86. The number of aryl methyl sites for hydroxylation is 1. The molecule has 0 amide bonds. The van der Waals surface area contributed by atoms with Crippen LogP contribution in [0.1, 0.15) is 78.4 Å². The zero-order chi connectivity index (χ0) is 32.4. The number of alkyl halides is 3. The number of aromatic nitrogens is 2. The Labute approximate surface area is 277 Å². The molecule has 0 saturated carbocycles. The summed E-state index contributed by atoms with van der Waals surface area (Å²) >= 11 is 0. The number of rotatable bonds is 9. The van der Waals surface area contributed by atoms with Gasteiger partial charge >= 0.3 is 6.18 Å². The summed E-state index contributed by atoms with van der Waals surface area (Å²) in [6.45, 7) is 12.5. The van der Waals surface area contributed by atoms with Crippen molar-refractivity contribution in [3.05, 3.63) is 71.8 Å². The Morgan fingerprint density at radius 3 is 2.18 bits per heavy atom.